The first kappa shape index (κ1) is 64.4. The van der Waals surface area contributed by atoms with Crippen LogP contribution in [0.4, 0.5) is 0 Å². The van der Waals surface area contributed by atoms with Crippen molar-refractivity contribution < 1.29 is 28.6 Å². The highest BCUT2D eigenvalue weighted by molar-refractivity contribution is 5.71. The quantitative estimate of drug-likeness (QED) is 0.0343. The molecule has 0 aromatic carbocycles. The summed E-state index contributed by atoms with van der Waals surface area (Å²) >= 11 is 0. The largest absolute Gasteiger partial charge is 0.462 e. The summed E-state index contributed by atoms with van der Waals surface area (Å²) in [7, 11) is 0. The molecule has 0 N–H and O–H groups in total. The molecule has 0 amide bonds. The van der Waals surface area contributed by atoms with E-state index < -0.39 is 6.10 Å². The van der Waals surface area contributed by atoms with Gasteiger partial charge in [-0.1, -0.05) is 304 Å². The van der Waals surface area contributed by atoms with Gasteiger partial charge in [-0.15, -0.1) is 0 Å². The average molecular weight is 934 g/mol. The Morgan fingerprint density at radius 2 is 0.530 bits per heavy atom. The van der Waals surface area contributed by atoms with Crippen molar-refractivity contribution in [3.63, 3.8) is 0 Å². The van der Waals surface area contributed by atoms with Gasteiger partial charge in [0.05, 0.1) is 0 Å². The predicted molar refractivity (Wildman–Crippen MR) is 284 cm³/mol. The monoisotopic (exact) mass is 933 g/mol. The summed E-state index contributed by atoms with van der Waals surface area (Å²) in [6, 6.07) is 0. The Hall–Kier alpha value is -1.59. The molecule has 0 spiro atoms. The van der Waals surface area contributed by atoms with E-state index in [-0.39, 0.29) is 31.1 Å². The van der Waals surface area contributed by atoms with Crippen molar-refractivity contribution in [1.82, 2.24) is 0 Å². The summed E-state index contributed by atoms with van der Waals surface area (Å²) < 4.78 is 16.9. The lowest BCUT2D eigenvalue weighted by Gasteiger charge is -2.18. The van der Waals surface area contributed by atoms with E-state index in [1.54, 1.807) is 0 Å². The molecule has 0 saturated carbocycles. The molecule has 1 unspecified atom stereocenters. The second-order valence-electron chi connectivity index (χ2n) is 20.9. The van der Waals surface area contributed by atoms with E-state index in [0.717, 1.165) is 63.7 Å². The van der Waals surface area contributed by atoms with Crippen LogP contribution in [0.15, 0.2) is 0 Å². The van der Waals surface area contributed by atoms with Crippen molar-refractivity contribution in [3.8, 4) is 0 Å². The number of unbranched alkanes of at least 4 members (excludes halogenated alkanes) is 41. The molecule has 6 heteroatoms. The smallest absolute Gasteiger partial charge is 0.306 e. The van der Waals surface area contributed by atoms with Gasteiger partial charge in [-0.05, 0) is 25.2 Å². The lowest BCUT2D eigenvalue weighted by atomic mass is 9.99. The number of carbonyl (C=O) groups excluding carboxylic acids is 3. The van der Waals surface area contributed by atoms with E-state index in [1.807, 2.05) is 0 Å². The lowest BCUT2D eigenvalue weighted by Crippen LogP contribution is -2.30. The maximum absolute atomic E-state index is 12.9. The van der Waals surface area contributed by atoms with Gasteiger partial charge >= 0.3 is 17.9 Å². The summed E-state index contributed by atoms with van der Waals surface area (Å²) in [5, 5.41) is 0. The molecular formula is C60H116O6. The Morgan fingerprint density at radius 3 is 0.788 bits per heavy atom. The minimum Gasteiger partial charge on any atom is -0.462 e. The van der Waals surface area contributed by atoms with Crippen molar-refractivity contribution >= 4 is 17.9 Å². The van der Waals surface area contributed by atoms with Crippen LogP contribution in [0.5, 0.6) is 0 Å². The third-order valence-electron chi connectivity index (χ3n) is 14.2. The van der Waals surface area contributed by atoms with Gasteiger partial charge in [0.1, 0.15) is 13.2 Å². The molecule has 0 aromatic heterocycles. The van der Waals surface area contributed by atoms with Crippen molar-refractivity contribution in [2.75, 3.05) is 13.2 Å². The topological polar surface area (TPSA) is 78.9 Å². The molecule has 0 aliphatic carbocycles. The van der Waals surface area contributed by atoms with E-state index in [0.29, 0.717) is 19.3 Å². The van der Waals surface area contributed by atoms with Crippen LogP contribution in [0.3, 0.4) is 0 Å². The van der Waals surface area contributed by atoms with E-state index in [9.17, 15) is 14.4 Å². The van der Waals surface area contributed by atoms with Crippen molar-refractivity contribution in [2.24, 2.45) is 5.92 Å². The molecule has 0 rings (SSSR count). The van der Waals surface area contributed by atoms with Crippen LogP contribution in [0.1, 0.15) is 342 Å². The van der Waals surface area contributed by atoms with E-state index in [2.05, 4.69) is 27.7 Å². The van der Waals surface area contributed by atoms with Crippen LogP contribution < -0.4 is 0 Å². The first-order valence-electron chi connectivity index (χ1n) is 29.9. The van der Waals surface area contributed by atoms with Gasteiger partial charge < -0.3 is 14.2 Å². The number of hydrogen-bond donors (Lipinski definition) is 0. The molecule has 392 valence electrons. The molecule has 0 aliphatic rings. The molecular weight excluding hydrogens is 817 g/mol. The molecule has 0 heterocycles. The Bertz CT molecular complexity index is 998. The number of carbonyl (C=O) groups is 3. The molecule has 6 nitrogen and oxygen atoms in total. The molecule has 2 atom stereocenters. The van der Waals surface area contributed by atoms with Crippen LogP contribution in [-0.4, -0.2) is 37.2 Å². The highest BCUT2D eigenvalue weighted by atomic mass is 16.6. The van der Waals surface area contributed by atoms with Crippen LogP contribution in [0.25, 0.3) is 0 Å². The van der Waals surface area contributed by atoms with Gasteiger partial charge in [0.2, 0.25) is 0 Å². The molecule has 0 aromatic rings. The normalized spacial score (nSPS) is 12.4. The van der Waals surface area contributed by atoms with Crippen LogP contribution >= 0.6 is 0 Å². The Kier molecular flexibility index (Phi) is 53.0. The number of ether oxygens (including phenoxy) is 3. The lowest BCUT2D eigenvalue weighted by molar-refractivity contribution is -0.167. The molecule has 0 fully saturated rings. The third-order valence-corrected chi connectivity index (χ3v) is 14.2. The summed E-state index contributed by atoms with van der Waals surface area (Å²) in [5.74, 6) is 0.0357. The highest BCUT2D eigenvalue weighted by Gasteiger charge is 2.19. The predicted octanol–water partition coefficient (Wildman–Crippen LogP) is 19.8. The minimum atomic E-state index is -0.762. The van der Waals surface area contributed by atoms with E-state index >= 15 is 0 Å². The zero-order chi connectivity index (χ0) is 48.1. The Labute approximate surface area is 412 Å². The van der Waals surface area contributed by atoms with Gasteiger partial charge in [0.15, 0.2) is 6.10 Å². The van der Waals surface area contributed by atoms with Gasteiger partial charge in [0.25, 0.3) is 0 Å². The Morgan fingerprint density at radius 1 is 0.303 bits per heavy atom. The van der Waals surface area contributed by atoms with Crippen LogP contribution in [-0.2, 0) is 28.6 Å². The van der Waals surface area contributed by atoms with Crippen molar-refractivity contribution in [3.05, 3.63) is 0 Å². The second kappa shape index (κ2) is 54.4. The standard InChI is InChI=1S/C60H116O6/c1-5-8-10-12-14-16-18-20-22-23-24-25-27-28-30-35-39-43-47-51-58(61)64-54-57(55-65-59(62)52-48-44-40-36-33-32-34-38-42-46-50-56(4)7-3)66-60(63)53-49-45-41-37-31-29-26-21-19-17-15-13-11-9-6-2/h56-57H,5-55H2,1-4H3/t56?,57-/m0/s1. The SMILES string of the molecule is CCCCCCCCCCCCCCCCCCCCCC(=O)OC[C@@H](COC(=O)CCCCCCCCCCCCC(C)CC)OC(=O)CCCCCCCCCCCCCCCCC. The zero-order valence-corrected chi connectivity index (χ0v) is 45.2. The van der Waals surface area contributed by atoms with Gasteiger partial charge in [-0.25, -0.2) is 0 Å². The van der Waals surface area contributed by atoms with Crippen LogP contribution in [0.2, 0.25) is 0 Å². The highest BCUT2D eigenvalue weighted by Crippen LogP contribution is 2.19. The fraction of sp³-hybridized carbons (Fsp3) is 0.950. The summed E-state index contributed by atoms with van der Waals surface area (Å²) in [6.07, 6.45) is 59.5. The van der Waals surface area contributed by atoms with Crippen molar-refractivity contribution in [1.29, 1.82) is 0 Å². The zero-order valence-electron chi connectivity index (χ0n) is 45.2. The molecule has 0 saturated heterocycles. The summed E-state index contributed by atoms with van der Waals surface area (Å²) in [5.41, 5.74) is 0. The average Bonchev–Trinajstić information content (AvgIpc) is 3.32. The maximum Gasteiger partial charge on any atom is 0.306 e. The summed E-state index contributed by atoms with van der Waals surface area (Å²) in [4.78, 5) is 38.2. The van der Waals surface area contributed by atoms with E-state index in [1.165, 1.54) is 238 Å². The van der Waals surface area contributed by atoms with E-state index in [4.69, 9.17) is 14.2 Å². The number of hydrogen-bond acceptors (Lipinski definition) is 6. The summed E-state index contributed by atoms with van der Waals surface area (Å²) in [6.45, 7) is 9.09. The second-order valence-corrected chi connectivity index (χ2v) is 20.9. The van der Waals surface area contributed by atoms with Gasteiger partial charge in [-0.2, -0.15) is 0 Å². The Balaban J connectivity index is 4.28. The van der Waals surface area contributed by atoms with Gasteiger partial charge in [-0.3, -0.25) is 14.4 Å². The fourth-order valence-electron chi connectivity index (χ4n) is 9.25. The third kappa shape index (κ3) is 51.8. The van der Waals surface area contributed by atoms with Gasteiger partial charge in [0, 0.05) is 19.3 Å². The van der Waals surface area contributed by atoms with Crippen LogP contribution in [0, 0.1) is 5.92 Å². The number of rotatable bonds is 55. The molecule has 0 aliphatic heterocycles. The molecule has 66 heavy (non-hydrogen) atoms. The maximum atomic E-state index is 12.9. The first-order valence-corrected chi connectivity index (χ1v) is 29.9. The minimum absolute atomic E-state index is 0.0618. The first-order chi connectivity index (χ1) is 32.4. The fourth-order valence-corrected chi connectivity index (χ4v) is 9.25. The molecule has 0 radical (unpaired) electrons. The number of esters is 3. The van der Waals surface area contributed by atoms with Crippen molar-refractivity contribution in [2.45, 2.75) is 348 Å². The molecule has 0 bridgehead atoms.